The maximum Gasteiger partial charge on any atom is 0.225 e. The van der Waals surface area contributed by atoms with Crippen LogP contribution in [-0.4, -0.2) is 81.1 Å². The number of ether oxygens (including phenoxy) is 1. The van der Waals surface area contributed by atoms with Crippen molar-refractivity contribution in [2.45, 2.75) is 32.6 Å². The molecule has 0 aromatic heterocycles. The monoisotopic (exact) mass is 543 g/mol. The van der Waals surface area contributed by atoms with E-state index in [9.17, 15) is 4.79 Å². The number of carbonyl (C=O) groups is 1. The first-order chi connectivity index (χ1) is 14.7. The number of aliphatic imine (C=N–C) groups is 1. The van der Waals surface area contributed by atoms with Crippen molar-refractivity contribution >= 4 is 35.8 Å². The van der Waals surface area contributed by atoms with Gasteiger partial charge in [-0.25, -0.2) is 0 Å². The first-order valence-electron chi connectivity index (χ1n) is 11.3. The molecule has 0 unspecified atom stereocenters. The van der Waals surface area contributed by atoms with Gasteiger partial charge < -0.3 is 20.3 Å². The van der Waals surface area contributed by atoms with Crippen LogP contribution in [0.4, 0.5) is 0 Å². The molecule has 1 aliphatic heterocycles. The Bertz CT molecular complexity index is 684. The highest BCUT2D eigenvalue weighted by Gasteiger charge is 2.29. The average Bonchev–Trinajstić information content (AvgIpc) is 3.31. The van der Waals surface area contributed by atoms with E-state index in [1.54, 1.807) is 7.05 Å². The number of aryl methyl sites for hydroxylation is 1. The lowest BCUT2D eigenvalue weighted by atomic mass is 10.1. The minimum absolute atomic E-state index is 0. The SMILES string of the molecule is CN=C(NCCOc1ccc(C)cc1)NCCN1CCN(C(=O)C2CCCC2)CC1.I. The zero-order valence-corrected chi connectivity index (χ0v) is 21.3. The molecule has 0 radical (unpaired) electrons. The average molecular weight is 543 g/mol. The fraction of sp³-hybridized carbons (Fsp3) is 0.652. The summed E-state index contributed by atoms with van der Waals surface area (Å²) >= 11 is 0. The fourth-order valence-corrected chi connectivity index (χ4v) is 4.15. The molecule has 8 heteroatoms. The third kappa shape index (κ3) is 8.48. The molecule has 1 aromatic rings. The van der Waals surface area contributed by atoms with E-state index in [2.05, 4.69) is 32.3 Å². The summed E-state index contributed by atoms with van der Waals surface area (Å²) in [5, 5.41) is 6.65. The topological polar surface area (TPSA) is 69.2 Å². The number of nitrogens with zero attached hydrogens (tertiary/aromatic N) is 3. The summed E-state index contributed by atoms with van der Waals surface area (Å²) in [5.74, 6) is 2.36. The van der Waals surface area contributed by atoms with Crippen LogP contribution in [0, 0.1) is 12.8 Å². The minimum atomic E-state index is 0. The van der Waals surface area contributed by atoms with Gasteiger partial charge >= 0.3 is 0 Å². The lowest BCUT2D eigenvalue weighted by Gasteiger charge is -2.36. The normalized spacial score (nSPS) is 17.9. The fourth-order valence-electron chi connectivity index (χ4n) is 4.15. The van der Waals surface area contributed by atoms with Gasteiger partial charge in [-0.05, 0) is 31.9 Å². The molecule has 2 aliphatic rings. The minimum Gasteiger partial charge on any atom is -0.492 e. The quantitative estimate of drug-likeness (QED) is 0.228. The predicted octanol–water partition coefficient (Wildman–Crippen LogP) is 2.49. The van der Waals surface area contributed by atoms with E-state index in [4.69, 9.17) is 4.74 Å². The van der Waals surface area contributed by atoms with Crippen LogP contribution < -0.4 is 15.4 Å². The van der Waals surface area contributed by atoms with Gasteiger partial charge in [0.05, 0.1) is 6.54 Å². The van der Waals surface area contributed by atoms with Gasteiger partial charge in [-0.2, -0.15) is 0 Å². The van der Waals surface area contributed by atoms with Crippen molar-refractivity contribution in [1.82, 2.24) is 20.4 Å². The Kier molecular flexibility index (Phi) is 11.4. The first kappa shape index (κ1) is 25.7. The molecule has 7 nitrogen and oxygen atoms in total. The van der Waals surface area contributed by atoms with Gasteiger partial charge in [0.25, 0.3) is 0 Å². The summed E-state index contributed by atoms with van der Waals surface area (Å²) in [7, 11) is 1.78. The van der Waals surface area contributed by atoms with Gasteiger partial charge in [-0.3, -0.25) is 14.7 Å². The number of nitrogens with one attached hydrogen (secondary N) is 2. The largest absolute Gasteiger partial charge is 0.492 e. The highest BCUT2D eigenvalue weighted by Crippen LogP contribution is 2.26. The number of hydrogen-bond donors (Lipinski definition) is 2. The van der Waals surface area contributed by atoms with Crippen molar-refractivity contribution in [1.29, 1.82) is 0 Å². The summed E-state index contributed by atoms with van der Waals surface area (Å²) in [5.41, 5.74) is 1.23. The van der Waals surface area contributed by atoms with E-state index in [0.717, 1.165) is 63.8 Å². The van der Waals surface area contributed by atoms with E-state index < -0.39 is 0 Å². The standard InChI is InChI=1S/C23H37N5O2.HI/c1-19-7-9-21(10-8-19)30-18-12-26-23(24-2)25-11-13-27-14-16-28(17-15-27)22(29)20-5-3-4-6-20;/h7-10,20H,3-6,11-18H2,1-2H3,(H2,24,25,26);1H. The number of carbonyl (C=O) groups excluding carboxylic acids is 1. The van der Waals surface area contributed by atoms with Gasteiger partial charge in [0.2, 0.25) is 5.91 Å². The van der Waals surface area contributed by atoms with Crippen LogP contribution in [0.3, 0.4) is 0 Å². The highest BCUT2D eigenvalue weighted by atomic mass is 127. The van der Waals surface area contributed by atoms with Crippen LogP contribution in [0.15, 0.2) is 29.3 Å². The molecule has 1 aromatic carbocycles. The number of piperazine rings is 1. The number of benzene rings is 1. The molecule has 1 saturated heterocycles. The maximum absolute atomic E-state index is 12.5. The molecule has 1 saturated carbocycles. The molecule has 1 heterocycles. The van der Waals surface area contributed by atoms with E-state index in [1.807, 2.05) is 24.3 Å². The van der Waals surface area contributed by atoms with Crippen LogP contribution in [0.1, 0.15) is 31.2 Å². The van der Waals surface area contributed by atoms with E-state index >= 15 is 0 Å². The molecular formula is C23H38IN5O2. The van der Waals surface area contributed by atoms with Crippen LogP contribution >= 0.6 is 24.0 Å². The highest BCUT2D eigenvalue weighted by molar-refractivity contribution is 14.0. The molecule has 3 rings (SSSR count). The van der Waals surface area contributed by atoms with Crippen LogP contribution in [0.25, 0.3) is 0 Å². The number of hydrogen-bond acceptors (Lipinski definition) is 4. The van der Waals surface area contributed by atoms with Crippen molar-refractivity contribution in [2.24, 2.45) is 10.9 Å². The van der Waals surface area contributed by atoms with E-state index in [-0.39, 0.29) is 24.0 Å². The number of amides is 1. The van der Waals surface area contributed by atoms with Crippen molar-refractivity contribution in [2.75, 3.05) is 59.5 Å². The molecule has 1 amide bonds. The van der Waals surface area contributed by atoms with Crippen molar-refractivity contribution in [3.63, 3.8) is 0 Å². The Morgan fingerprint density at radius 1 is 1.06 bits per heavy atom. The van der Waals surface area contributed by atoms with Gasteiger partial charge in [0.1, 0.15) is 12.4 Å². The Hall–Kier alpha value is -1.55. The summed E-state index contributed by atoms with van der Waals surface area (Å²) in [6, 6.07) is 8.08. The summed E-state index contributed by atoms with van der Waals surface area (Å²) in [6.45, 7) is 8.75. The Morgan fingerprint density at radius 3 is 2.35 bits per heavy atom. The smallest absolute Gasteiger partial charge is 0.225 e. The third-order valence-corrected chi connectivity index (χ3v) is 6.02. The third-order valence-electron chi connectivity index (χ3n) is 6.02. The van der Waals surface area contributed by atoms with Gasteiger partial charge in [0, 0.05) is 52.2 Å². The maximum atomic E-state index is 12.5. The first-order valence-corrected chi connectivity index (χ1v) is 11.3. The summed E-state index contributed by atoms with van der Waals surface area (Å²) < 4.78 is 5.74. The Balaban J connectivity index is 0.00000341. The lowest BCUT2D eigenvalue weighted by Crippen LogP contribution is -2.52. The van der Waals surface area contributed by atoms with Crippen LogP contribution in [0.5, 0.6) is 5.75 Å². The molecule has 31 heavy (non-hydrogen) atoms. The molecule has 174 valence electrons. The van der Waals surface area contributed by atoms with E-state index in [1.165, 1.54) is 18.4 Å². The molecule has 0 atom stereocenters. The molecular weight excluding hydrogens is 505 g/mol. The second-order valence-electron chi connectivity index (χ2n) is 8.24. The Morgan fingerprint density at radius 2 is 1.71 bits per heavy atom. The van der Waals surface area contributed by atoms with Crippen molar-refractivity contribution in [3.8, 4) is 5.75 Å². The van der Waals surface area contributed by atoms with Gasteiger partial charge in [0.15, 0.2) is 5.96 Å². The van der Waals surface area contributed by atoms with Crippen molar-refractivity contribution < 1.29 is 9.53 Å². The lowest BCUT2D eigenvalue weighted by molar-refractivity contribution is -0.137. The zero-order valence-electron chi connectivity index (χ0n) is 18.9. The second-order valence-corrected chi connectivity index (χ2v) is 8.24. The zero-order chi connectivity index (χ0) is 21.2. The Labute approximate surface area is 204 Å². The van der Waals surface area contributed by atoms with E-state index in [0.29, 0.717) is 25.0 Å². The van der Waals surface area contributed by atoms with Gasteiger partial charge in [-0.15, -0.1) is 24.0 Å². The second kappa shape index (κ2) is 13.8. The number of halogens is 1. The molecule has 0 spiro atoms. The molecule has 2 fully saturated rings. The molecule has 1 aliphatic carbocycles. The molecule has 2 N–H and O–H groups in total. The molecule has 0 bridgehead atoms. The van der Waals surface area contributed by atoms with Crippen molar-refractivity contribution in [3.05, 3.63) is 29.8 Å². The summed E-state index contributed by atoms with van der Waals surface area (Å²) in [6.07, 6.45) is 4.61. The number of rotatable bonds is 8. The predicted molar refractivity (Wildman–Crippen MR) is 136 cm³/mol. The van der Waals surface area contributed by atoms with Gasteiger partial charge in [-0.1, -0.05) is 30.5 Å². The van der Waals surface area contributed by atoms with Crippen LogP contribution in [-0.2, 0) is 4.79 Å². The summed E-state index contributed by atoms with van der Waals surface area (Å²) in [4.78, 5) is 21.3. The van der Waals surface area contributed by atoms with Crippen LogP contribution in [0.2, 0.25) is 0 Å². The number of guanidine groups is 1.